The highest BCUT2D eigenvalue weighted by atomic mass is 16.5. The number of carbonyl (C=O) groups is 1. The largest absolute Gasteiger partial charge is 0.378 e. The zero-order valence-electron chi connectivity index (χ0n) is 19.6. The number of ketones is 1. The van der Waals surface area contributed by atoms with Gasteiger partial charge < -0.3 is 19.1 Å². The second-order valence-corrected chi connectivity index (χ2v) is 8.75. The van der Waals surface area contributed by atoms with E-state index in [2.05, 4.69) is 36.1 Å². The maximum absolute atomic E-state index is 12.7. The Morgan fingerprint density at radius 3 is 2.67 bits per heavy atom. The molecule has 1 fully saturated rings. The molecule has 0 spiro atoms. The van der Waals surface area contributed by atoms with Crippen molar-refractivity contribution >= 4 is 22.6 Å². The van der Waals surface area contributed by atoms with Crippen molar-refractivity contribution in [3.8, 4) is 22.5 Å². The summed E-state index contributed by atoms with van der Waals surface area (Å²) in [4.78, 5) is 31.3. The summed E-state index contributed by atoms with van der Waals surface area (Å²) in [5, 5.41) is 5.05. The Labute approximate surface area is 207 Å². The van der Waals surface area contributed by atoms with Gasteiger partial charge in [0, 0.05) is 49.2 Å². The molecule has 4 aromatic heterocycles. The standard InChI is InChI=1S/C27H24N6O3/c34-21(13-22-14-25(32-36-22)20-2-1-7-28-16-20)12-18-3-5-19(6-4-18)24-15-23-26(31-24)29-17-30-27(23)33-8-10-35-11-9-33/h1-7,14-17H,8-13H2,(H,29,30,31). The fourth-order valence-corrected chi connectivity index (χ4v) is 4.44. The minimum atomic E-state index is 0.0627. The first-order valence-electron chi connectivity index (χ1n) is 11.9. The number of ether oxygens (including phenoxy) is 1. The van der Waals surface area contributed by atoms with Gasteiger partial charge in [0.25, 0.3) is 0 Å². The highest BCUT2D eigenvalue weighted by Crippen LogP contribution is 2.29. The number of morpholine rings is 1. The third-order valence-corrected chi connectivity index (χ3v) is 6.27. The quantitative estimate of drug-likeness (QED) is 0.374. The number of aromatic amines is 1. The zero-order valence-corrected chi connectivity index (χ0v) is 19.6. The highest BCUT2D eigenvalue weighted by Gasteiger charge is 2.18. The summed E-state index contributed by atoms with van der Waals surface area (Å²) in [5.41, 5.74) is 5.26. The topological polar surface area (TPSA) is 110 Å². The number of pyridine rings is 1. The van der Waals surface area contributed by atoms with Crippen LogP contribution in [0.5, 0.6) is 0 Å². The number of aromatic nitrogens is 5. The normalized spacial score (nSPS) is 13.8. The van der Waals surface area contributed by atoms with Gasteiger partial charge in [-0.05, 0) is 29.3 Å². The van der Waals surface area contributed by atoms with E-state index >= 15 is 0 Å². The van der Waals surface area contributed by atoms with Crippen LogP contribution in [0.1, 0.15) is 11.3 Å². The van der Waals surface area contributed by atoms with E-state index in [-0.39, 0.29) is 12.2 Å². The Morgan fingerprint density at radius 1 is 1.00 bits per heavy atom. The number of H-pyrrole nitrogens is 1. The molecule has 1 aliphatic heterocycles. The fraction of sp³-hybridized carbons (Fsp3) is 0.222. The van der Waals surface area contributed by atoms with Gasteiger partial charge in [0.2, 0.25) is 0 Å². The highest BCUT2D eigenvalue weighted by molar-refractivity contribution is 5.92. The molecule has 1 N–H and O–H groups in total. The summed E-state index contributed by atoms with van der Waals surface area (Å²) in [7, 11) is 0. The molecule has 0 amide bonds. The number of benzene rings is 1. The number of hydrogen-bond donors (Lipinski definition) is 1. The number of fused-ring (bicyclic) bond motifs is 1. The van der Waals surface area contributed by atoms with Gasteiger partial charge in [-0.15, -0.1) is 0 Å². The lowest BCUT2D eigenvalue weighted by atomic mass is 10.0. The van der Waals surface area contributed by atoms with Gasteiger partial charge in [-0.25, -0.2) is 9.97 Å². The maximum Gasteiger partial charge on any atom is 0.144 e. The van der Waals surface area contributed by atoms with E-state index in [1.54, 1.807) is 24.8 Å². The number of nitrogens with one attached hydrogen (secondary N) is 1. The Balaban J connectivity index is 1.14. The van der Waals surface area contributed by atoms with Gasteiger partial charge in [-0.1, -0.05) is 29.4 Å². The van der Waals surface area contributed by atoms with Gasteiger partial charge in [-0.2, -0.15) is 0 Å². The Kier molecular flexibility index (Phi) is 5.96. The number of rotatable bonds is 7. The molecule has 36 heavy (non-hydrogen) atoms. The predicted octanol–water partition coefficient (Wildman–Crippen LogP) is 3.87. The molecule has 0 atom stereocenters. The van der Waals surface area contributed by atoms with Crippen molar-refractivity contribution in [1.29, 1.82) is 0 Å². The Morgan fingerprint density at radius 2 is 1.86 bits per heavy atom. The van der Waals surface area contributed by atoms with Crippen LogP contribution in [0.15, 0.2) is 71.8 Å². The van der Waals surface area contributed by atoms with E-state index in [1.165, 1.54) is 0 Å². The summed E-state index contributed by atoms with van der Waals surface area (Å²) >= 11 is 0. The van der Waals surface area contributed by atoms with Crippen LogP contribution in [0.25, 0.3) is 33.5 Å². The first-order valence-corrected chi connectivity index (χ1v) is 11.9. The average Bonchev–Trinajstić information content (AvgIpc) is 3.57. The molecule has 0 radical (unpaired) electrons. The molecule has 9 nitrogen and oxygen atoms in total. The van der Waals surface area contributed by atoms with Gasteiger partial charge >= 0.3 is 0 Å². The number of nitrogens with zero attached hydrogens (tertiary/aromatic N) is 5. The minimum Gasteiger partial charge on any atom is -0.378 e. The molecule has 0 aliphatic carbocycles. The molecule has 0 unspecified atom stereocenters. The van der Waals surface area contributed by atoms with Crippen LogP contribution in [0, 0.1) is 0 Å². The van der Waals surface area contributed by atoms with Crippen LogP contribution in [0.2, 0.25) is 0 Å². The van der Waals surface area contributed by atoms with Crippen LogP contribution >= 0.6 is 0 Å². The van der Waals surface area contributed by atoms with Crippen molar-refractivity contribution in [3.05, 3.63) is 78.6 Å². The second-order valence-electron chi connectivity index (χ2n) is 8.75. The first-order chi connectivity index (χ1) is 17.7. The Hall–Kier alpha value is -4.37. The monoisotopic (exact) mass is 480 g/mol. The molecule has 5 heterocycles. The molecule has 0 bridgehead atoms. The number of hydrogen-bond acceptors (Lipinski definition) is 8. The predicted molar refractivity (Wildman–Crippen MR) is 135 cm³/mol. The lowest BCUT2D eigenvalue weighted by Crippen LogP contribution is -2.36. The van der Waals surface area contributed by atoms with Crippen molar-refractivity contribution < 1.29 is 14.1 Å². The summed E-state index contributed by atoms with van der Waals surface area (Å²) in [6, 6.07) is 15.6. The Bertz CT molecular complexity index is 1490. The van der Waals surface area contributed by atoms with Crippen molar-refractivity contribution in [2.24, 2.45) is 0 Å². The van der Waals surface area contributed by atoms with E-state index in [0.717, 1.165) is 52.3 Å². The molecule has 9 heteroatoms. The zero-order chi connectivity index (χ0) is 24.3. The molecule has 1 aliphatic rings. The fourth-order valence-electron chi connectivity index (χ4n) is 4.44. The lowest BCUT2D eigenvalue weighted by molar-refractivity contribution is -0.118. The number of carbonyl (C=O) groups excluding carboxylic acids is 1. The molecule has 0 saturated carbocycles. The maximum atomic E-state index is 12.7. The molecule has 5 aromatic rings. The average molecular weight is 481 g/mol. The molecule has 180 valence electrons. The first kappa shape index (κ1) is 22.1. The van der Waals surface area contributed by atoms with Crippen molar-refractivity contribution in [2.45, 2.75) is 12.8 Å². The number of anilines is 1. The van der Waals surface area contributed by atoms with Crippen molar-refractivity contribution in [2.75, 3.05) is 31.2 Å². The molecular formula is C27H24N6O3. The van der Waals surface area contributed by atoms with Gasteiger partial charge in [0.05, 0.1) is 25.0 Å². The smallest absolute Gasteiger partial charge is 0.144 e. The van der Waals surface area contributed by atoms with Gasteiger partial charge in [0.15, 0.2) is 0 Å². The third kappa shape index (κ3) is 4.60. The van der Waals surface area contributed by atoms with Crippen molar-refractivity contribution in [1.82, 2.24) is 25.1 Å². The molecule has 1 aromatic carbocycles. The SMILES string of the molecule is O=C(Cc1ccc(-c2cc3c(N4CCOCC4)ncnc3[nH]2)cc1)Cc1cc(-c2cccnc2)no1. The van der Waals surface area contributed by atoms with Crippen LogP contribution in [0.3, 0.4) is 0 Å². The summed E-state index contributed by atoms with van der Waals surface area (Å²) in [5.74, 6) is 1.53. The van der Waals surface area contributed by atoms with Crippen LogP contribution in [0.4, 0.5) is 5.82 Å². The summed E-state index contributed by atoms with van der Waals surface area (Å²) in [6.45, 7) is 3.03. The number of Topliss-reactive ketones (excluding diaryl/α,β-unsaturated/α-hetero) is 1. The molecular weight excluding hydrogens is 456 g/mol. The van der Waals surface area contributed by atoms with E-state index < -0.39 is 0 Å². The van der Waals surface area contributed by atoms with E-state index in [9.17, 15) is 4.79 Å². The second kappa shape index (κ2) is 9.71. The lowest BCUT2D eigenvalue weighted by Gasteiger charge is -2.27. The van der Waals surface area contributed by atoms with Crippen LogP contribution in [-0.2, 0) is 22.4 Å². The van der Waals surface area contributed by atoms with Crippen LogP contribution in [-0.4, -0.2) is 57.2 Å². The van der Waals surface area contributed by atoms with E-state index in [4.69, 9.17) is 9.26 Å². The molecule has 1 saturated heterocycles. The third-order valence-electron chi connectivity index (χ3n) is 6.27. The summed E-state index contributed by atoms with van der Waals surface area (Å²) in [6.07, 6.45) is 5.53. The summed E-state index contributed by atoms with van der Waals surface area (Å²) < 4.78 is 10.8. The minimum absolute atomic E-state index is 0.0627. The van der Waals surface area contributed by atoms with Crippen LogP contribution < -0.4 is 4.90 Å². The van der Waals surface area contributed by atoms with Gasteiger partial charge in [-0.3, -0.25) is 9.78 Å². The van der Waals surface area contributed by atoms with E-state index in [0.29, 0.717) is 31.1 Å². The van der Waals surface area contributed by atoms with Gasteiger partial charge in [0.1, 0.15) is 35.0 Å². The molecule has 6 rings (SSSR count). The van der Waals surface area contributed by atoms with E-state index in [1.807, 2.05) is 36.4 Å². The van der Waals surface area contributed by atoms with Crippen molar-refractivity contribution in [3.63, 3.8) is 0 Å².